The van der Waals surface area contributed by atoms with Crippen molar-refractivity contribution in [2.75, 3.05) is 11.9 Å². The summed E-state index contributed by atoms with van der Waals surface area (Å²) in [5, 5.41) is 6.23. The van der Waals surface area contributed by atoms with Gasteiger partial charge in [-0.2, -0.15) is 0 Å². The summed E-state index contributed by atoms with van der Waals surface area (Å²) < 4.78 is 5.53. The first-order chi connectivity index (χ1) is 15.4. The van der Waals surface area contributed by atoms with Crippen molar-refractivity contribution in [1.29, 1.82) is 0 Å². The van der Waals surface area contributed by atoms with Crippen molar-refractivity contribution in [2.45, 2.75) is 26.7 Å². The molecule has 0 bridgehead atoms. The summed E-state index contributed by atoms with van der Waals surface area (Å²) in [6.45, 7) is 4.51. The average Bonchev–Trinajstić information content (AvgIpc) is 3.07. The monoisotopic (exact) mass is 467 g/mol. The largest absolute Gasteiger partial charge is 0.494 e. The summed E-state index contributed by atoms with van der Waals surface area (Å²) in [5.74, 6) is -0.199. The molecule has 0 saturated heterocycles. The van der Waals surface area contributed by atoms with E-state index in [1.54, 1.807) is 24.3 Å². The van der Waals surface area contributed by atoms with Gasteiger partial charge in [0.05, 0.1) is 12.2 Å². The third-order valence-electron chi connectivity index (χ3n) is 4.74. The van der Waals surface area contributed by atoms with Crippen LogP contribution in [0.15, 0.2) is 54.6 Å². The lowest BCUT2D eigenvalue weighted by atomic mass is 10.1. The number of nitrogens with two attached hydrogens (primary N) is 1. The third kappa shape index (κ3) is 5.93. The minimum absolute atomic E-state index is 0.0938. The number of carbonyl (C=O) groups is 2. The zero-order valence-corrected chi connectivity index (χ0v) is 19.6. The average molecular weight is 468 g/mol. The highest BCUT2D eigenvalue weighted by atomic mass is 32.1. The quantitative estimate of drug-likeness (QED) is 0.419. The number of thiocarbonyl (C=S) groups is 1. The molecule has 1 heterocycles. The molecule has 0 aliphatic heterocycles. The molecule has 4 N–H and O–H groups in total. The van der Waals surface area contributed by atoms with Crippen molar-refractivity contribution in [1.82, 2.24) is 5.32 Å². The van der Waals surface area contributed by atoms with E-state index in [9.17, 15) is 9.59 Å². The Morgan fingerprint density at radius 2 is 1.78 bits per heavy atom. The van der Waals surface area contributed by atoms with Crippen LogP contribution in [0.3, 0.4) is 0 Å². The number of primary amides is 1. The van der Waals surface area contributed by atoms with Gasteiger partial charge < -0.3 is 15.8 Å². The number of anilines is 1. The van der Waals surface area contributed by atoms with Crippen LogP contribution in [0.4, 0.5) is 5.00 Å². The van der Waals surface area contributed by atoms with E-state index >= 15 is 0 Å². The molecule has 32 heavy (non-hydrogen) atoms. The Hall–Kier alpha value is -3.23. The van der Waals surface area contributed by atoms with Crippen LogP contribution in [0.1, 0.15) is 50.1 Å². The standard InChI is InChI=1S/C24H25N3O3S2/c1-3-13-30-18-11-9-17(10-12-18)22(29)26-24(31)27-23-20(21(25)28)15(2)19(32-23)14-16-7-5-4-6-8-16/h4-12H,3,13-14H2,1-2H3,(H2,25,28)(H2,26,27,29,31). The van der Waals surface area contributed by atoms with E-state index in [2.05, 4.69) is 10.6 Å². The number of carbonyl (C=O) groups excluding carboxylic acids is 2. The van der Waals surface area contributed by atoms with Crippen molar-refractivity contribution in [3.63, 3.8) is 0 Å². The molecular weight excluding hydrogens is 442 g/mol. The fraction of sp³-hybridized carbons (Fsp3) is 0.208. The predicted molar refractivity (Wildman–Crippen MR) is 133 cm³/mol. The molecule has 0 atom stereocenters. The second kappa shape index (κ2) is 10.9. The smallest absolute Gasteiger partial charge is 0.257 e. The second-order valence-corrected chi connectivity index (χ2v) is 8.68. The zero-order valence-electron chi connectivity index (χ0n) is 17.9. The Kier molecular flexibility index (Phi) is 7.97. The van der Waals surface area contributed by atoms with Gasteiger partial charge in [-0.1, -0.05) is 37.3 Å². The second-order valence-electron chi connectivity index (χ2n) is 7.16. The maximum atomic E-state index is 12.5. The Labute approximate surface area is 196 Å². The minimum Gasteiger partial charge on any atom is -0.494 e. The lowest BCUT2D eigenvalue weighted by molar-refractivity contribution is 0.0975. The van der Waals surface area contributed by atoms with Gasteiger partial charge in [-0.25, -0.2) is 0 Å². The summed E-state index contributed by atoms with van der Waals surface area (Å²) >= 11 is 6.71. The van der Waals surface area contributed by atoms with Crippen molar-refractivity contribution in [3.05, 3.63) is 81.7 Å². The van der Waals surface area contributed by atoms with Gasteiger partial charge in [0, 0.05) is 16.9 Å². The Bertz CT molecular complexity index is 1110. The van der Waals surface area contributed by atoms with E-state index in [1.807, 2.05) is 44.2 Å². The molecule has 0 spiro atoms. The molecule has 0 fully saturated rings. The number of hydrogen-bond acceptors (Lipinski definition) is 5. The molecule has 8 heteroatoms. The Morgan fingerprint density at radius 1 is 1.09 bits per heavy atom. The highest BCUT2D eigenvalue weighted by Gasteiger charge is 2.21. The predicted octanol–water partition coefficient (Wildman–Crippen LogP) is 4.66. The van der Waals surface area contributed by atoms with Gasteiger partial charge in [0.15, 0.2) is 5.11 Å². The van der Waals surface area contributed by atoms with Crippen LogP contribution < -0.4 is 21.1 Å². The van der Waals surface area contributed by atoms with Crippen LogP contribution in [-0.4, -0.2) is 23.5 Å². The van der Waals surface area contributed by atoms with Gasteiger partial charge in [-0.05, 0) is 61.0 Å². The summed E-state index contributed by atoms with van der Waals surface area (Å²) in [5.41, 5.74) is 8.39. The normalized spacial score (nSPS) is 10.4. The topological polar surface area (TPSA) is 93.4 Å². The molecule has 6 nitrogen and oxygen atoms in total. The number of ether oxygens (including phenoxy) is 1. The van der Waals surface area contributed by atoms with Crippen molar-refractivity contribution in [2.24, 2.45) is 5.73 Å². The molecule has 2 aromatic carbocycles. The zero-order chi connectivity index (χ0) is 23.1. The number of hydrogen-bond donors (Lipinski definition) is 3. The maximum Gasteiger partial charge on any atom is 0.257 e. The first kappa shape index (κ1) is 23.4. The fourth-order valence-electron chi connectivity index (χ4n) is 3.13. The van der Waals surface area contributed by atoms with Gasteiger partial charge in [0.25, 0.3) is 11.8 Å². The maximum absolute atomic E-state index is 12.5. The SMILES string of the molecule is CCCOc1ccc(C(=O)NC(=S)Nc2sc(Cc3ccccc3)c(C)c2C(N)=O)cc1. The summed E-state index contributed by atoms with van der Waals surface area (Å²) in [4.78, 5) is 25.6. The van der Waals surface area contributed by atoms with Gasteiger partial charge in [-0.15, -0.1) is 11.3 Å². The minimum atomic E-state index is -0.544. The van der Waals surface area contributed by atoms with E-state index in [1.165, 1.54) is 11.3 Å². The molecular formula is C24H25N3O3S2. The first-order valence-corrected chi connectivity index (χ1v) is 11.4. The lowest BCUT2D eigenvalue weighted by Crippen LogP contribution is -2.34. The van der Waals surface area contributed by atoms with Crippen molar-refractivity contribution >= 4 is 45.5 Å². The molecule has 0 saturated carbocycles. The summed E-state index contributed by atoms with van der Waals surface area (Å²) in [6, 6.07) is 16.8. The Balaban J connectivity index is 1.70. The number of thiophene rings is 1. The van der Waals surface area contributed by atoms with Crippen LogP contribution >= 0.6 is 23.6 Å². The van der Waals surface area contributed by atoms with E-state index in [-0.39, 0.29) is 11.0 Å². The lowest BCUT2D eigenvalue weighted by Gasteiger charge is -2.10. The van der Waals surface area contributed by atoms with Crippen LogP contribution in [0, 0.1) is 6.92 Å². The molecule has 0 aliphatic carbocycles. The number of nitrogens with one attached hydrogen (secondary N) is 2. The summed E-state index contributed by atoms with van der Waals surface area (Å²) in [7, 11) is 0. The molecule has 3 aromatic rings. The van der Waals surface area contributed by atoms with E-state index < -0.39 is 5.91 Å². The molecule has 2 amide bonds. The van der Waals surface area contributed by atoms with Crippen molar-refractivity contribution in [3.8, 4) is 5.75 Å². The molecule has 166 valence electrons. The van der Waals surface area contributed by atoms with Gasteiger partial charge >= 0.3 is 0 Å². The number of benzene rings is 2. The van der Waals surface area contributed by atoms with E-state index in [0.29, 0.717) is 34.9 Å². The van der Waals surface area contributed by atoms with Crippen molar-refractivity contribution < 1.29 is 14.3 Å². The molecule has 3 rings (SSSR count). The highest BCUT2D eigenvalue weighted by Crippen LogP contribution is 2.34. The van der Waals surface area contributed by atoms with Crippen LogP contribution in [-0.2, 0) is 6.42 Å². The first-order valence-electron chi connectivity index (χ1n) is 10.2. The van der Waals surface area contributed by atoms with Crippen LogP contribution in [0.2, 0.25) is 0 Å². The van der Waals surface area contributed by atoms with Crippen LogP contribution in [0.25, 0.3) is 0 Å². The van der Waals surface area contributed by atoms with Gasteiger partial charge in [-0.3, -0.25) is 14.9 Å². The summed E-state index contributed by atoms with van der Waals surface area (Å²) in [6.07, 6.45) is 1.58. The molecule has 0 radical (unpaired) electrons. The van der Waals surface area contributed by atoms with Crippen LogP contribution in [0.5, 0.6) is 5.75 Å². The van der Waals surface area contributed by atoms with Gasteiger partial charge in [0.1, 0.15) is 10.8 Å². The molecule has 0 aliphatic rings. The van der Waals surface area contributed by atoms with Gasteiger partial charge in [0.2, 0.25) is 0 Å². The Morgan fingerprint density at radius 3 is 2.41 bits per heavy atom. The number of rotatable bonds is 8. The highest BCUT2D eigenvalue weighted by molar-refractivity contribution is 7.80. The number of amides is 2. The van der Waals surface area contributed by atoms with E-state index in [4.69, 9.17) is 22.7 Å². The molecule has 1 aromatic heterocycles. The third-order valence-corrected chi connectivity index (χ3v) is 6.15. The van der Waals surface area contributed by atoms with E-state index in [0.717, 1.165) is 22.4 Å². The molecule has 0 unspecified atom stereocenters. The fourth-order valence-corrected chi connectivity index (χ4v) is 4.64.